The molecule has 134 valence electrons. The topological polar surface area (TPSA) is 87.3 Å². The molecule has 0 unspecified atom stereocenters. The number of hydrogen-bond donors (Lipinski definition) is 2. The summed E-state index contributed by atoms with van der Waals surface area (Å²) in [7, 11) is 1.32. The van der Waals surface area contributed by atoms with E-state index in [2.05, 4.69) is 22.2 Å². The first-order chi connectivity index (χ1) is 12.1. The van der Waals surface area contributed by atoms with Gasteiger partial charge in [0.1, 0.15) is 11.4 Å². The van der Waals surface area contributed by atoms with Gasteiger partial charge in [-0.05, 0) is 50.6 Å². The summed E-state index contributed by atoms with van der Waals surface area (Å²) in [6, 6.07) is 5.32. The maximum atomic E-state index is 13.0. The van der Waals surface area contributed by atoms with Crippen molar-refractivity contribution in [2.75, 3.05) is 26.7 Å². The minimum absolute atomic E-state index is 0.00799. The van der Waals surface area contributed by atoms with Crippen molar-refractivity contribution in [1.29, 1.82) is 0 Å². The van der Waals surface area contributed by atoms with Crippen LogP contribution < -0.4 is 5.32 Å². The largest absolute Gasteiger partial charge is 0.464 e. The zero-order valence-electron chi connectivity index (χ0n) is 14.7. The van der Waals surface area contributed by atoms with Crippen LogP contribution in [0.4, 0.5) is 0 Å². The van der Waals surface area contributed by atoms with Crippen molar-refractivity contribution in [1.82, 2.24) is 20.2 Å². The summed E-state index contributed by atoms with van der Waals surface area (Å²) in [5, 5.41) is 3.33. The number of methoxy groups -OCH3 is 1. The number of carbonyl (C=O) groups is 2. The van der Waals surface area contributed by atoms with Crippen LogP contribution >= 0.6 is 0 Å². The Balaban J connectivity index is 1.87. The van der Waals surface area contributed by atoms with Crippen molar-refractivity contribution in [3.63, 3.8) is 0 Å². The summed E-state index contributed by atoms with van der Waals surface area (Å²) in [6.07, 6.45) is 2.86. The summed E-state index contributed by atoms with van der Waals surface area (Å²) in [5.74, 6) is -0.496. The molecular formula is C18H24N4O3. The first kappa shape index (κ1) is 17.4. The minimum Gasteiger partial charge on any atom is -0.464 e. The summed E-state index contributed by atoms with van der Waals surface area (Å²) in [4.78, 5) is 34.0. The SMILES string of the molecule is CCCN(C(=O)c1cc2nc(C(=O)OC)ccc2[nH]1)C1CCNCC1. The lowest BCUT2D eigenvalue weighted by molar-refractivity contribution is 0.0593. The second-order valence-corrected chi connectivity index (χ2v) is 6.28. The molecular weight excluding hydrogens is 320 g/mol. The molecule has 0 bridgehead atoms. The molecule has 2 aromatic rings. The van der Waals surface area contributed by atoms with Crippen molar-refractivity contribution >= 4 is 22.9 Å². The van der Waals surface area contributed by atoms with Crippen LogP contribution in [-0.4, -0.2) is 59.5 Å². The van der Waals surface area contributed by atoms with Gasteiger partial charge in [0.2, 0.25) is 0 Å². The number of ether oxygens (including phenoxy) is 1. The summed E-state index contributed by atoms with van der Waals surface area (Å²) < 4.78 is 4.70. The molecule has 0 spiro atoms. The molecule has 7 nitrogen and oxygen atoms in total. The predicted molar refractivity (Wildman–Crippen MR) is 94.7 cm³/mol. The summed E-state index contributed by atoms with van der Waals surface area (Å²) >= 11 is 0. The number of carbonyl (C=O) groups excluding carboxylic acids is 2. The average molecular weight is 344 g/mol. The number of rotatable bonds is 5. The van der Waals surface area contributed by atoms with Gasteiger partial charge in [-0.25, -0.2) is 9.78 Å². The molecule has 0 atom stereocenters. The van der Waals surface area contributed by atoms with E-state index in [1.54, 1.807) is 18.2 Å². The lowest BCUT2D eigenvalue weighted by Crippen LogP contribution is -2.46. The zero-order valence-corrected chi connectivity index (χ0v) is 14.7. The Morgan fingerprint density at radius 1 is 1.32 bits per heavy atom. The number of fused-ring (bicyclic) bond motifs is 1. The molecule has 3 rings (SSSR count). The van der Waals surface area contributed by atoms with Gasteiger partial charge in [0.25, 0.3) is 5.91 Å². The molecule has 2 aromatic heterocycles. The lowest BCUT2D eigenvalue weighted by Gasteiger charge is -2.34. The number of H-pyrrole nitrogens is 1. The smallest absolute Gasteiger partial charge is 0.356 e. The van der Waals surface area contributed by atoms with Crippen molar-refractivity contribution in [2.24, 2.45) is 0 Å². The quantitative estimate of drug-likeness (QED) is 0.810. The molecule has 1 saturated heterocycles. The normalized spacial score (nSPS) is 15.3. The van der Waals surface area contributed by atoms with E-state index >= 15 is 0 Å². The van der Waals surface area contributed by atoms with Gasteiger partial charge in [-0.3, -0.25) is 4.79 Å². The molecule has 25 heavy (non-hydrogen) atoms. The van der Waals surface area contributed by atoms with Crippen molar-refractivity contribution in [3.05, 3.63) is 29.6 Å². The molecule has 1 fully saturated rings. The molecule has 0 saturated carbocycles. The van der Waals surface area contributed by atoms with Gasteiger partial charge in [0.15, 0.2) is 0 Å². The number of nitrogens with zero attached hydrogens (tertiary/aromatic N) is 2. The number of piperidine rings is 1. The third kappa shape index (κ3) is 3.66. The van der Waals surface area contributed by atoms with E-state index in [9.17, 15) is 9.59 Å². The van der Waals surface area contributed by atoms with E-state index in [0.29, 0.717) is 11.2 Å². The van der Waals surface area contributed by atoms with Gasteiger partial charge in [-0.1, -0.05) is 6.92 Å². The van der Waals surface area contributed by atoms with E-state index < -0.39 is 5.97 Å². The summed E-state index contributed by atoms with van der Waals surface area (Å²) in [5.41, 5.74) is 2.07. The molecule has 1 amide bonds. The van der Waals surface area contributed by atoms with Crippen LogP contribution in [0.15, 0.2) is 18.2 Å². The zero-order chi connectivity index (χ0) is 17.8. The molecule has 1 aliphatic rings. The number of hydrogen-bond acceptors (Lipinski definition) is 5. The van der Waals surface area contributed by atoms with E-state index in [0.717, 1.165) is 44.4 Å². The van der Waals surface area contributed by atoms with Gasteiger partial charge < -0.3 is 19.9 Å². The number of aromatic amines is 1. The second kappa shape index (κ2) is 7.65. The fourth-order valence-electron chi connectivity index (χ4n) is 3.31. The molecule has 2 N–H and O–H groups in total. The van der Waals surface area contributed by atoms with Crippen LogP contribution in [0, 0.1) is 0 Å². The number of esters is 1. The van der Waals surface area contributed by atoms with E-state index in [1.165, 1.54) is 7.11 Å². The number of amides is 1. The highest BCUT2D eigenvalue weighted by Crippen LogP contribution is 2.19. The fraction of sp³-hybridized carbons (Fsp3) is 0.500. The van der Waals surface area contributed by atoms with Gasteiger partial charge >= 0.3 is 5.97 Å². The van der Waals surface area contributed by atoms with E-state index in [1.807, 2.05) is 4.90 Å². The minimum atomic E-state index is -0.488. The standard InChI is InChI=1S/C18H24N4O3/c1-3-10-22(12-6-8-19-9-7-12)17(23)16-11-15-13(20-16)4-5-14(21-15)18(24)25-2/h4-5,11-12,19-20H,3,6-10H2,1-2H3. The monoisotopic (exact) mass is 344 g/mol. The van der Waals surface area contributed by atoms with Crippen LogP contribution in [0.25, 0.3) is 11.0 Å². The van der Waals surface area contributed by atoms with Crippen LogP contribution in [0.3, 0.4) is 0 Å². The highest BCUT2D eigenvalue weighted by molar-refractivity contribution is 5.98. The Hall–Kier alpha value is -2.41. The Morgan fingerprint density at radius 3 is 2.76 bits per heavy atom. The molecule has 7 heteroatoms. The van der Waals surface area contributed by atoms with Crippen molar-refractivity contribution in [3.8, 4) is 0 Å². The fourth-order valence-corrected chi connectivity index (χ4v) is 3.31. The second-order valence-electron chi connectivity index (χ2n) is 6.28. The van der Waals surface area contributed by atoms with Crippen molar-refractivity contribution in [2.45, 2.75) is 32.2 Å². The maximum Gasteiger partial charge on any atom is 0.356 e. The Morgan fingerprint density at radius 2 is 2.08 bits per heavy atom. The van der Waals surface area contributed by atoms with Crippen LogP contribution in [0.5, 0.6) is 0 Å². The lowest BCUT2D eigenvalue weighted by atomic mass is 10.0. The molecule has 0 radical (unpaired) electrons. The molecule has 0 aliphatic carbocycles. The Bertz CT molecular complexity index is 765. The molecule has 3 heterocycles. The predicted octanol–water partition coefficient (Wildman–Crippen LogP) is 1.95. The van der Waals surface area contributed by atoms with Gasteiger partial charge in [0, 0.05) is 12.6 Å². The Kier molecular flexibility index (Phi) is 5.33. The van der Waals surface area contributed by atoms with E-state index in [4.69, 9.17) is 4.74 Å². The van der Waals surface area contributed by atoms with Crippen LogP contribution in [-0.2, 0) is 4.74 Å². The first-order valence-corrected chi connectivity index (χ1v) is 8.73. The van der Waals surface area contributed by atoms with Crippen LogP contribution in [0.1, 0.15) is 47.2 Å². The van der Waals surface area contributed by atoms with Gasteiger partial charge in [-0.15, -0.1) is 0 Å². The first-order valence-electron chi connectivity index (χ1n) is 8.73. The van der Waals surface area contributed by atoms with E-state index in [-0.39, 0.29) is 17.6 Å². The maximum absolute atomic E-state index is 13.0. The van der Waals surface area contributed by atoms with Gasteiger partial charge in [-0.2, -0.15) is 0 Å². The van der Waals surface area contributed by atoms with Crippen LogP contribution in [0.2, 0.25) is 0 Å². The van der Waals surface area contributed by atoms with Gasteiger partial charge in [0.05, 0.1) is 18.1 Å². The third-order valence-electron chi connectivity index (χ3n) is 4.57. The van der Waals surface area contributed by atoms with Crippen molar-refractivity contribution < 1.29 is 14.3 Å². The Labute approximate surface area is 146 Å². The molecule has 0 aromatic carbocycles. The highest BCUT2D eigenvalue weighted by atomic mass is 16.5. The number of pyridine rings is 1. The molecule has 1 aliphatic heterocycles. The average Bonchev–Trinajstić information content (AvgIpc) is 3.09. The highest BCUT2D eigenvalue weighted by Gasteiger charge is 2.26. The third-order valence-corrected chi connectivity index (χ3v) is 4.57. The number of nitrogens with one attached hydrogen (secondary N) is 2. The summed E-state index contributed by atoms with van der Waals surface area (Å²) in [6.45, 7) is 4.69. The number of aromatic nitrogens is 2.